The second-order valence-electron chi connectivity index (χ2n) is 6.72. The Labute approximate surface area is 132 Å². The Balaban J connectivity index is 1.48. The average molecular weight is 302 g/mol. The molecule has 1 heterocycles. The summed E-state index contributed by atoms with van der Waals surface area (Å²) in [6.07, 6.45) is 4.74. The van der Waals surface area contributed by atoms with Crippen LogP contribution in [-0.2, 0) is 11.2 Å². The van der Waals surface area contributed by atoms with E-state index in [1.807, 2.05) is 0 Å². The smallest absolute Gasteiger partial charge is 0.306 e. The lowest BCUT2D eigenvalue weighted by molar-refractivity contribution is -0.142. The molecule has 1 aromatic carbocycles. The molecule has 120 valence electrons. The largest absolute Gasteiger partial charge is 0.481 e. The molecule has 0 amide bonds. The van der Waals surface area contributed by atoms with Crippen LogP contribution in [0, 0.1) is 5.92 Å². The zero-order valence-corrected chi connectivity index (χ0v) is 13.3. The molecule has 1 aliphatic carbocycles. The van der Waals surface area contributed by atoms with E-state index in [-0.39, 0.29) is 5.92 Å². The second-order valence-corrected chi connectivity index (χ2v) is 6.72. The number of aliphatic carboxylic acids is 1. The van der Waals surface area contributed by atoms with E-state index in [1.54, 1.807) is 0 Å². The molecule has 2 aliphatic rings. The number of para-hydroxylation sites is 1. The van der Waals surface area contributed by atoms with Gasteiger partial charge in [-0.15, -0.1) is 0 Å². The number of nitrogens with one attached hydrogen (secondary N) is 1. The number of fused-ring (bicyclic) bond motifs is 1. The number of hydrogen-bond acceptors (Lipinski definition) is 3. The molecule has 0 aromatic heterocycles. The van der Waals surface area contributed by atoms with E-state index in [4.69, 9.17) is 5.11 Å². The molecule has 1 aliphatic heterocycles. The van der Waals surface area contributed by atoms with Crippen molar-refractivity contribution in [1.82, 2.24) is 5.32 Å². The number of carboxylic acids is 1. The summed E-state index contributed by atoms with van der Waals surface area (Å²) in [5, 5.41) is 12.7. The zero-order valence-electron chi connectivity index (χ0n) is 13.3. The quantitative estimate of drug-likeness (QED) is 0.878. The van der Waals surface area contributed by atoms with Crippen molar-refractivity contribution in [3.8, 4) is 0 Å². The summed E-state index contributed by atoms with van der Waals surface area (Å²) in [6.45, 7) is 4.35. The van der Waals surface area contributed by atoms with Gasteiger partial charge in [0, 0.05) is 30.9 Å². The van der Waals surface area contributed by atoms with Crippen LogP contribution in [0.25, 0.3) is 0 Å². The first-order valence-corrected chi connectivity index (χ1v) is 8.46. The van der Waals surface area contributed by atoms with E-state index in [0.29, 0.717) is 12.1 Å². The highest BCUT2D eigenvalue weighted by atomic mass is 16.4. The second kappa shape index (κ2) is 6.69. The molecule has 4 heteroatoms. The zero-order chi connectivity index (χ0) is 15.5. The number of carbonyl (C=O) groups is 1. The van der Waals surface area contributed by atoms with Gasteiger partial charge in [0.25, 0.3) is 0 Å². The summed E-state index contributed by atoms with van der Waals surface area (Å²) in [4.78, 5) is 13.5. The number of hydrogen-bond donors (Lipinski definition) is 2. The summed E-state index contributed by atoms with van der Waals surface area (Å²) < 4.78 is 0. The first-order chi connectivity index (χ1) is 10.6. The fourth-order valence-electron chi connectivity index (χ4n) is 3.81. The molecular formula is C18H26N2O2. The summed E-state index contributed by atoms with van der Waals surface area (Å²) in [5.41, 5.74) is 2.84. The molecule has 1 aromatic rings. The van der Waals surface area contributed by atoms with Gasteiger partial charge in [-0.25, -0.2) is 0 Å². The minimum absolute atomic E-state index is 0.124. The van der Waals surface area contributed by atoms with Crippen LogP contribution in [0.2, 0.25) is 0 Å². The number of rotatable bonds is 5. The van der Waals surface area contributed by atoms with Gasteiger partial charge in [-0.2, -0.15) is 0 Å². The molecule has 0 spiro atoms. The van der Waals surface area contributed by atoms with E-state index in [0.717, 1.165) is 45.2 Å². The van der Waals surface area contributed by atoms with Crippen LogP contribution in [0.3, 0.4) is 0 Å². The summed E-state index contributed by atoms with van der Waals surface area (Å²) in [5.74, 6) is -0.749. The molecule has 0 saturated heterocycles. The Morgan fingerprint density at radius 1 is 1.32 bits per heavy atom. The van der Waals surface area contributed by atoms with Crippen LogP contribution >= 0.6 is 0 Å². The van der Waals surface area contributed by atoms with Gasteiger partial charge in [-0.1, -0.05) is 18.2 Å². The molecular weight excluding hydrogens is 276 g/mol. The van der Waals surface area contributed by atoms with E-state index in [2.05, 4.69) is 41.4 Å². The van der Waals surface area contributed by atoms with Crippen LogP contribution in [0.1, 0.15) is 38.2 Å². The molecule has 1 unspecified atom stereocenters. The van der Waals surface area contributed by atoms with Crippen LogP contribution in [0.15, 0.2) is 24.3 Å². The number of benzene rings is 1. The molecule has 22 heavy (non-hydrogen) atoms. The van der Waals surface area contributed by atoms with Crippen molar-refractivity contribution >= 4 is 11.7 Å². The third-order valence-electron chi connectivity index (χ3n) is 5.23. The Bertz CT molecular complexity index is 524. The van der Waals surface area contributed by atoms with Crippen LogP contribution in [0.4, 0.5) is 5.69 Å². The number of carboxylic acid groups (broad SMARTS) is 1. The lowest BCUT2D eigenvalue weighted by atomic mass is 9.86. The Kier molecular flexibility index (Phi) is 4.67. The van der Waals surface area contributed by atoms with Crippen LogP contribution in [-0.4, -0.2) is 36.2 Å². The third kappa shape index (κ3) is 3.27. The predicted octanol–water partition coefficient (Wildman–Crippen LogP) is 2.67. The molecule has 4 nitrogen and oxygen atoms in total. The predicted molar refractivity (Wildman–Crippen MR) is 88.3 cm³/mol. The summed E-state index contributed by atoms with van der Waals surface area (Å²) in [7, 11) is 0. The minimum Gasteiger partial charge on any atom is -0.481 e. The van der Waals surface area contributed by atoms with Crippen molar-refractivity contribution in [1.29, 1.82) is 0 Å². The monoisotopic (exact) mass is 302 g/mol. The van der Waals surface area contributed by atoms with Crippen molar-refractivity contribution < 1.29 is 9.90 Å². The topological polar surface area (TPSA) is 52.6 Å². The standard InChI is InChI=1S/C18H26N2O2/c1-13(20-11-10-14-4-2-3-5-17(14)20)12-19-16-8-6-15(7-9-16)18(21)22/h2-5,13,15-16,19H,6-12H2,1H3,(H,21,22). The summed E-state index contributed by atoms with van der Waals surface area (Å²) >= 11 is 0. The van der Waals surface area contributed by atoms with Crippen molar-refractivity contribution in [2.75, 3.05) is 18.0 Å². The normalized spacial score (nSPS) is 25.8. The Morgan fingerprint density at radius 3 is 2.77 bits per heavy atom. The summed E-state index contributed by atoms with van der Waals surface area (Å²) in [6, 6.07) is 9.63. The van der Waals surface area contributed by atoms with E-state index in [9.17, 15) is 4.79 Å². The van der Waals surface area contributed by atoms with Gasteiger partial charge in [0.2, 0.25) is 0 Å². The van der Waals surface area contributed by atoms with E-state index in [1.165, 1.54) is 11.3 Å². The highest BCUT2D eigenvalue weighted by Gasteiger charge is 2.27. The average Bonchev–Trinajstić information content (AvgIpc) is 2.97. The maximum absolute atomic E-state index is 11.0. The molecule has 0 radical (unpaired) electrons. The van der Waals surface area contributed by atoms with E-state index >= 15 is 0 Å². The minimum atomic E-state index is -0.625. The highest BCUT2D eigenvalue weighted by Crippen LogP contribution is 2.29. The molecule has 2 N–H and O–H groups in total. The van der Waals surface area contributed by atoms with Crippen molar-refractivity contribution in [3.05, 3.63) is 29.8 Å². The van der Waals surface area contributed by atoms with Gasteiger partial charge in [0.15, 0.2) is 0 Å². The number of anilines is 1. The van der Waals surface area contributed by atoms with Crippen molar-refractivity contribution in [2.45, 2.75) is 51.1 Å². The lowest BCUT2D eigenvalue weighted by Gasteiger charge is -2.32. The fraction of sp³-hybridized carbons (Fsp3) is 0.611. The van der Waals surface area contributed by atoms with Gasteiger partial charge in [0.1, 0.15) is 0 Å². The van der Waals surface area contributed by atoms with Crippen LogP contribution in [0.5, 0.6) is 0 Å². The number of nitrogens with zero attached hydrogens (tertiary/aromatic N) is 1. The Hall–Kier alpha value is -1.55. The molecule has 1 saturated carbocycles. The highest BCUT2D eigenvalue weighted by molar-refractivity contribution is 5.70. The van der Waals surface area contributed by atoms with Gasteiger partial charge in [-0.05, 0) is 50.7 Å². The van der Waals surface area contributed by atoms with E-state index < -0.39 is 5.97 Å². The van der Waals surface area contributed by atoms with Gasteiger partial charge < -0.3 is 15.3 Å². The Morgan fingerprint density at radius 2 is 2.05 bits per heavy atom. The molecule has 3 rings (SSSR count). The van der Waals surface area contributed by atoms with Crippen molar-refractivity contribution in [3.63, 3.8) is 0 Å². The maximum atomic E-state index is 11.0. The third-order valence-corrected chi connectivity index (χ3v) is 5.23. The van der Waals surface area contributed by atoms with Gasteiger partial charge >= 0.3 is 5.97 Å². The van der Waals surface area contributed by atoms with Crippen molar-refractivity contribution in [2.24, 2.45) is 5.92 Å². The molecule has 1 atom stereocenters. The molecule has 0 bridgehead atoms. The molecule has 1 fully saturated rings. The van der Waals surface area contributed by atoms with Gasteiger partial charge in [-0.3, -0.25) is 4.79 Å². The first kappa shape index (κ1) is 15.3. The lowest BCUT2D eigenvalue weighted by Crippen LogP contribution is -2.44. The SMILES string of the molecule is CC(CNC1CCC(C(=O)O)CC1)N1CCc2ccccc21. The first-order valence-electron chi connectivity index (χ1n) is 8.46. The van der Waals surface area contributed by atoms with Crippen LogP contribution < -0.4 is 10.2 Å². The van der Waals surface area contributed by atoms with Gasteiger partial charge in [0.05, 0.1) is 5.92 Å². The maximum Gasteiger partial charge on any atom is 0.306 e. The fourth-order valence-corrected chi connectivity index (χ4v) is 3.81.